The van der Waals surface area contributed by atoms with Crippen LogP contribution in [0.2, 0.25) is 0 Å². The van der Waals surface area contributed by atoms with Crippen molar-refractivity contribution < 1.29 is 32.1 Å². The van der Waals surface area contributed by atoms with Crippen LogP contribution in [0.1, 0.15) is 0 Å². The van der Waals surface area contributed by atoms with Gasteiger partial charge in [0.25, 0.3) is 5.88 Å². The maximum absolute atomic E-state index is 12.2. The number of ether oxygens (including phenoxy) is 4. The summed E-state index contributed by atoms with van der Waals surface area (Å²) in [6.07, 6.45) is -3.71. The third-order valence-electron chi connectivity index (χ3n) is 1.76. The van der Waals surface area contributed by atoms with Crippen LogP contribution in [-0.2, 0) is 0 Å². The molecule has 0 aliphatic rings. The zero-order valence-electron chi connectivity index (χ0n) is 9.29. The van der Waals surface area contributed by atoms with Crippen molar-refractivity contribution in [3.63, 3.8) is 0 Å². The zero-order valence-corrected chi connectivity index (χ0v) is 9.29. The zero-order chi connectivity index (χ0) is 13.1. The monoisotopic (exact) mass is 253 g/mol. The van der Waals surface area contributed by atoms with Crippen LogP contribution in [0, 0.1) is 0 Å². The second kappa shape index (κ2) is 4.98. The number of aromatic nitrogens is 1. The molecule has 0 fully saturated rings. The fourth-order valence-electron chi connectivity index (χ4n) is 1.13. The second-order valence-corrected chi connectivity index (χ2v) is 2.75. The van der Waals surface area contributed by atoms with Gasteiger partial charge in [0.05, 0.1) is 27.5 Å². The third-order valence-corrected chi connectivity index (χ3v) is 1.76. The van der Waals surface area contributed by atoms with Crippen molar-refractivity contribution in [1.29, 1.82) is 0 Å². The Kier molecular flexibility index (Phi) is 3.87. The molecule has 1 aromatic rings. The number of hydrogen-bond acceptors (Lipinski definition) is 5. The largest absolute Gasteiger partial charge is 0.573 e. The minimum atomic E-state index is -4.88. The highest BCUT2D eigenvalue weighted by atomic mass is 19.4. The van der Waals surface area contributed by atoms with Crippen LogP contribution in [0.5, 0.6) is 23.1 Å². The molecular formula is C9H10F3NO4. The molecule has 96 valence electrons. The number of pyridine rings is 1. The van der Waals surface area contributed by atoms with Crippen LogP contribution in [0.4, 0.5) is 13.2 Å². The molecule has 0 aromatic carbocycles. The summed E-state index contributed by atoms with van der Waals surface area (Å²) in [7, 11) is 3.61. The van der Waals surface area contributed by atoms with Crippen molar-refractivity contribution in [3.05, 3.63) is 6.20 Å². The van der Waals surface area contributed by atoms with Crippen molar-refractivity contribution in [3.8, 4) is 23.1 Å². The fraction of sp³-hybridized carbons (Fsp3) is 0.444. The van der Waals surface area contributed by atoms with Gasteiger partial charge in [0.1, 0.15) is 0 Å². The van der Waals surface area contributed by atoms with Gasteiger partial charge in [-0.1, -0.05) is 0 Å². The Morgan fingerprint density at radius 3 is 2.06 bits per heavy atom. The highest BCUT2D eigenvalue weighted by Gasteiger charge is 2.35. The number of nitrogens with zero attached hydrogens (tertiary/aromatic N) is 1. The first kappa shape index (κ1) is 13.2. The number of rotatable bonds is 4. The molecule has 0 aliphatic carbocycles. The lowest BCUT2D eigenvalue weighted by atomic mass is 10.3. The van der Waals surface area contributed by atoms with E-state index in [0.29, 0.717) is 0 Å². The molecule has 1 aromatic heterocycles. The molecule has 1 heterocycles. The fourth-order valence-corrected chi connectivity index (χ4v) is 1.13. The van der Waals surface area contributed by atoms with Crippen LogP contribution in [0.3, 0.4) is 0 Å². The van der Waals surface area contributed by atoms with Crippen molar-refractivity contribution in [2.45, 2.75) is 6.36 Å². The summed E-state index contributed by atoms with van der Waals surface area (Å²) >= 11 is 0. The molecule has 5 nitrogen and oxygen atoms in total. The van der Waals surface area contributed by atoms with Crippen LogP contribution in [0.15, 0.2) is 6.20 Å². The molecule has 0 unspecified atom stereocenters. The standard InChI is InChI=1S/C9H10F3NO4/c1-14-5-4-13-8(16-3)7(6(5)15-2)17-9(10,11)12/h4H,1-3H3. The molecule has 17 heavy (non-hydrogen) atoms. The molecule has 0 bridgehead atoms. The average molecular weight is 253 g/mol. The van der Waals surface area contributed by atoms with Crippen LogP contribution in [0.25, 0.3) is 0 Å². The van der Waals surface area contributed by atoms with Gasteiger partial charge < -0.3 is 18.9 Å². The summed E-state index contributed by atoms with van der Waals surface area (Å²) in [5.41, 5.74) is 0. The van der Waals surface area contributed by atoms with Gasteiger partial charge in [-0.05, 0) is 0 Å². The van der Waals surface area contributed by atoms with Gasteiger partial charge >= 0.3 is 6.36 Å². The van der Waals surface area contributed by atoms with E-state index in [9.17, 15) is 13.2 Å². The Balaban J connectivity index is 3.30. The number of methoxy groups -OCH3 is 3. The van der Waals surface area contributed by atoms with E-state index in [-0.39, 0.29) is 17.4 Å². The lowest BCUT2D eigenvalue weighted by Crippen LogP contribution is -2.18. The molecule has 0 amide bonds. The third kappa shape index (κ3) is 3.05. The van der Waals surface area contributed by atoms with E-state index in [4.69, 9.17) is 9.47 Å². The summed E-state index contributed by atoms with van der Waals surface area (Å²) in [6, 6.07) is 0. The maximum Gasteiger partial charge on any atom is 0.573 e. The molecule has 0 N–H and O–H groups in total. The highest BCUT2D eigenvalue weighted by Crippen LogP contribution is 2.44. The summed E-state index contributed by atoms with van der Waals surface area (Å²) in [5.74, 6) is -1.26. The Morgan fingerprint density at radius 2 is 1.65 bits per heavy atom. The van der Waals surface area contributed by atoms with Gasteiger partial charge in [0.2, 0.25) is 11.5 Å². The molecule has 0 saturated carbocycles. The van der Waals surface area contributed by atoms with E-state index >= 15 is 0 Å². The normalized spacial score (nSPS) is 10.9. The quantitative estimate of drug-likeness (QED) is 0.821. The van der Waals surface area contributed by atoms with Crippen LogP contribution in [-0.4, -0.2) is 32.7 Å². The molecule has 8 heteroatoms. The molecule has 0 aliphatic heterocycles. The molecule has 0 radical (unpaired) electrons. The van der Waals surface area contributed by atoms with E-state index in [1.165, 1.54) is 20.4 Å². The van der Waals surface area contributed by atoms with Crippen LogP contribution < -0.4 is 18.9 Å². The number of alkyl halides is 3. The second-order valence-electron chi connectivity index (χ2n) is 2.75. The van der Waals surface area contributed by atoms with Gasteiger partial charge in [0.15, 0.2) is 5.75 Å². The average Bonchev–Trinajstić information content (AvgIpc) is 2.26. The minimum Gasteiger partial charge on any atom is -0.491 e. The summed E-state index contributed by atoms with van der Waals surface area (Å²) in [4.78, 5) is 3.61. The van der Waals surface area contributed by atoms with E-state index in [2.05, 4.69) is 14.5 Å². The maximum atomic E-state index is 12.2. The Bertz CT molecular complexity index is 395. The summed E-state index contributed by atoms with van der Waals surface area (Å²) < 4.78 is 54.7. The SMILES string of the molecule is COc1cnc(OC)c(OC(F)(F)F)c1OC. The number of halogens is 3. The Hall–Kier alpha value is -1.86. The van der Waals surface area contributed by atoms with Crippen molar-refractivity contribution >= 4 is 0 Å². The number of hydrogen-bond donors (Lipinski definition) is 0. The van der Waals surface area contributed by atoms with Crippen molar-refractivity contribution in [2.75, 3.05) is 21.3 Å². The Labute approximate surface area is 95.1 Å². The van der Waals surface area contributed by atoms with E-state index in [1.54, 1.807) is 0 Å². The molecule has 0 atom stereocenters. The summed E-state index contributed by atoms with van der Waals surface area (Å²) in [5, 5.41) is 0. The lowest BCUT2D eigenvalue weighted by molar-refractivity contribution is -0.275. The topological polar surface area (TPSA) is 49.8 Å². The van der Waals surface area contributed by atoms with Crippen molar-refractivity contribution in [2.24, 2.45) is 0 Å². The van der Waals surface area contributed by atoms with Gasteiger partial charge in [-0.2, -0.15) is 0 Å². The first-order valence-corrected chi connectivity index (χ1v) is 4.33. The minimum absolute atomic E-state index is 0.00699. The van der Waals surface area contributed by atoms with Gasteiger partial charge in [-0.3, -0.25) is 0 Å². The van der Waals surface area contributed by atoms with Gasteiger partial charge in [-0.25, -0.2) is 4.98 Å². The van der Waals surface area contributed by atoms with E-state index < -0.39 is 12.1 Å². The van der Waals surface area contributed by atoms with Gasteiger partial charge in [0, 0.05) is 0 Å². The molecule has 0 saturated heterocycles. The van der Waals surface area contributed by atoms with E-state index in [0.717, 1.165) is 7.11 Å². The smallest absolute Gasteiger partial charge is 0.491 e. The van der Waals surface area contributed by atoms with Crippen molar-refractivity contribution in [1.82, 2.24) is 4.98 Å². The predicted molar refractivity (Wildman–Crippen MR) is 50.6 cm³/mol. The molecular weight excluding hydrogens is 243 g/mol. The first-order chi connectivity index (χ1) is 7.92. The first-order valence-electron chi connectivity index (χ1n) is 4.33. The summed E-state index contributed by atoms with van der Waals surface area (Å²) in [6.45, 7) is 0. The van der Waals surface area contributed by atoms with E-state index in [1.807, 2.05) is 0 Å². The lowest BCUT2D eigenvalue weighted by Gasteiger charge is -2.16. The predicted octanol–water partition coefficient (Wildman–Crippen LogP) is 2.01. The Morgan fingerprint density at radius 1 is 1.00 bits per heavy atom. The molecule has 1 rings (SSSR count). The van der Waals surface area contributed by atoms with Gasteiger partial charge in [-0.15, -0.1) is 13.2 Å². The molecule has 0 spiro atoms. The van der Waals surface area contributed by atoms with Crippen LogP contribution >= 0.6 is 0 Å². The highest BCUT2D eigenvalue weighted by molar-refractivity contribution is 5.55.